The fourth-order valence-electron chi connectivity index (χ4n) is 5.22. The first-order chi connectivity index (χ1) is 23.4. The predicted molar refractivity (Wildman–Crippen MR) is 170 cm³/mol. The Hall–Kier alpha value is -6.38. The van der Waals surface area contributed by atoms with Crippen LogP contribution in [0.5, 0.6) is 0 Å². The van der Waals surface area contributed by atoms with Crippen molar-refractivity contribution in [1.29, 1.82) is 0 Å². The molecule has 6 N–H and O–H groups in total. The lowest BCUT2D eigenvalue weighted by atomic mass is 9.98. The van der Waals surface area contributed by atoms with Gasteiger partial charge < -0.3 is 36.2 Å². The van der Waals surface area contributed by atoms with Crippen LogP contribution in [0, 0.1) is 0 Å². The quantitative estimate of drug-likeness (QED) is 0.115. The molecular weight excluding hydrogens is 640 g/mol. The van der Waals surface area contributed by atoms with Crippen LogP contribution in [0.1, 0.15) is 29.0 Å². The van der Waals surface area contributed by atoms with E-state index in [-0.39, 0.29) is 18.9 Å². The molecule has 0 unspecified atom stereocenters. The summed E-state index contributed by atoms with van der Waals surface area (Å²) in [7, 11) is 0. The zero-order chi connectivity index (χ0) is 35.5. The number of ether oxygens (including phenoxy) is 1. The second kappa shape index (κ2) is 16.4. The van der Waals surface area contributed by atoms with Gasteiger partial charge in [-0.15, -0.1) is 0 Å². The van der Waals surface area contributed by atoms with Crippen LogP contribution in [0.4, 0.5) is 4.79 Å². The summed E-state index contributed by atoms with van der Waals surface area (Å²) in [5.41, 5.74) is 4.39. The molecule has 4 rings (SSSR count). The number of alkyl carbamates (subject to hydrolysis) is 1. The number of rotatable bonds is 16. The molecular formula is C34H32N4O11. The third kappa shape index (κ3) is 9.57. The van der Waals surface area contributed by atoms with Crippen molar-refractivity contribution in [3.05, 3.63) is 95.6 Å². The van der Waals surface area contributed by atoms with Crippen molar-refractivity contribution in [2.24, 2.45) is 0 Å². The third-order valence-corrected chi connectivity index (χ3v) is 7.60. The number of Topliss-reactive ketones (excluding diaryl/α,β-unsaturated/α-hetero) is 2. The maximum absolute atomic E-state index is 13.2. The van der Waals surface area contributed by atoms with E-state index >= 15 is 0 Å². The summed E-state index contributed by atoms with van der Waals surface area (Å²) in [5.74, 6) is -9.48. The van der Waals surface area contributed by atoms with Crippen molar-refractivity contribution in [1.82, 2.24) is 21.3 Å². The van der Waals surface area contributed by atoms with E-state index in [2.05, 4.69) is 21.3 Å². The molecule has 15 nitrogen and oxygen atoms in total. The highest BCUT2D eigenvalue weighted by Crippen LogP contribution is 2.44. The standard InChI is InChI=1S/C34H32N4O11/c39-27(32(44)45)16-35-30(42)25(14-19-8-2-1-3-9-19)37-29(41)15-26(31(43)36-17-28(40)33(46)47)38-34(48)49-18-24-22-12-6-4-10-20(22)21-11-5-7-13-23(21)24/h1-13,24-26H,14-18H2,(H,35,42)(H,36,43)(H,37,41)(H,38,48)(H,44,45)(H,46,47)/t25-,26-/m0/s1. The first-order valence-corrected chi connectivity index (χ1v) is 15.0. The molecule has 3 aromatic rings. The molecule has 0 fully saturated rings. The van der Waals surface area contributed by atoms with Crippen LogP contribution < -0.4 is 21.3 Å². The van der Waals surface area contributed by atoms with Gasteiger partial charge in [-0.05, 0) is 27.8 Å². The number of ketones is 2. The number of carbonyl (C=O) groups excluding carboxylic acids is 6. The number of carboxylic acids is 2. The van der Waals surface area contributed by atoms with Gasteiger partial charge in [-0.3, -0.25) is 24.0 Å². The maximum atomic E-state index is 13.2. The van der Waals surface area contributed by atoms with Gasteiger partial charge in [0.25, 0.3) is 11.6 Å². The van der Waals surface area contributed by atoms with Crippen molar-refractivity contribution in [2.75, 3.05) is 19.7 Å². The average molecular weight is 673 g/mol. The van der Waals surface area contributed by atoms with E-state index in [1.54, 1.807) is 30.3 Å². The SMILES string of the molecule is O=C(C[C@H](NC(=O)OCC1c2ccccc2-c2ccccc21)C(=O)NCC(=O)C(=O)O)N[C@@H](Cc1ccccc1)C(=O)NCC(=O)C(=O)O. The van der Waals surface area contributed by atoms with Crippen LogP contribution in [0.25, 0.3) is 11.1 Å². The Morgan fingerprint density at radius 3 is 1.65 bits per heavy atom. The van der Waals surface area contributed by atoms with Crippen LogP contribution in [-0.4, -0.2) is 89.3 Å². The molecule has 15 heteroatoms. The topological polar surface area (TPSA) is 234 Å². The second-order valence-electron chi connectivity index (χ2n) is 10.9. The Morgan fingerprint density at radius 2 is 1.12 bits per heavy atom. The molecule has 0 bridgehead atoms. The lowest BCUT2D eigenvalue weighted by Crippen LogP contribution is -2.53. The van der Waals surface area contributed by atoms with Crippen LogP contribution in [0.3, 0.4) is 0 Å². The number of amides is 4. The molecule has 0 saturated heterocycles. The van der Waals surface area contributed by atoms with Gasteiger partial charge in [-0.2, -0.15) is 0 Å². The van der Waals surface area contributed by atoms with Crippen LogP contribution in [0.15, 0.2) is 78.9 Å². The van der Waals surface area contributed by atoms with Gasteiger partial charge in [0.1, 0.15) is 18.7 Å². The molecule has 0 radical (unpaired) electrons. The lowest BCUT2D eigenvalue weighted by Gasteiger charge is -2.22. The Bertz CT molecular complexity index is 1730. The van der Waals surface area contributed by atoms with Gasteiger partial charge >= 0.3 is 18.0 Å². The van der Waals surface area contributed by atoms with Gasteiger partial charge in [0.15, 0.2) is 0 Å². The number of aliphatic carboxylic acids is 2. The van der Waals surface area contributed by atoms with Crippen LogP contribution in [0.2, 0.25) is 0 Å². The van der Waals surface area contributed by atoms with E-state index in [0.29, 0.717) is 5.56 Å². The zero-order valence-electron chi connectivity index (χ0n) is 25.8. The third-order valence-electron chi connectivity index (χ3n) is 7.60. The van der Waals surface area contributed by atoms with E-state index in [1.807, 2.05) is 48.5 Å². The fraction of sp³-hybridized carbons (Fsp3) is 0.235. The summed E-state index contributed by atoms with van der Waals surface area (Å²) >= 11 is 0. The van der Waals surface area contributed by atoms with Crippen molar-refractivity contribution in [3.8, 4) is 11.1 Å². The number of nitrogens with one attached hydrogen (secondary N) is 4. The number of fused-ring (bicyclic) bond motifs is 3. The van der Waals surface area contributed by atoms with Crippen LogP contribution >= 0.6 is 0 Å². The van der Waals surface area contributed by atoms with Gasteiger partial charge in [-0.1, -0.05) is 78.9 Å². The molecule has 0 saturated carbocycles. The van der Waals surface area contributed by atoms with Gasteiger partial charge in [0.2, 0.25) is 17.7 Å². The van der Waals surface area contributed by atoms with Crippen molar-refractivity contribution in [2.45, 2.75) is 30.8 Å². The highest BCUT2D eigenvalue weighted by atomic mass is 16.5. The fourth-order valence-corrected chi connectivity index (χ4v) is 5.22. The maximum Gasteiger partial charge on any atom is 0.407 e. The number of carboxylic acid groups (broad SMARTS) is 2. The first kappa shape index (κ1) is 35.5. The normalized spacial score (nSPS) is 12.7. The van der Waals surface area contributed by atoms with E-state index in [1.165, 1.54) is 0 Å². The molecule has 0 heterocycles. The second-order valence-corrected chi connectivity index (χ2v) is 10.9. The molecule has 3 aromatic carbocycles. The summed E-state index contributed by atoms with van der Waals surface area (Å²) in [4.78, 5) is 97.0. The molecule has 1 aliphatic rings. The first-order valence-electron chi connectivity index (χ1n) is 15.0. The predicted octanol–water partition coefficient (Wildman–Crippen LogP) is 0.551. The molecule has 0 aliphatic heterocycles. The summed E-state index contributed by atoms with van der Waals surface area (Å²) in [5, 5.41) is 26.6. The Kier molecular flexibility index (Phi) is 11.9. The molecule has 254 valence electrons. The molecule has 49 heavy (non-hydrogen) atoms. The number of benzene rings is 3. The highest BCUT2D eigenvalue weighted by Gasteiger charge is 2.32. The Labute approximate surface area is 279 Å². The molecule has 2 atom stereocenters. The monoisotopic (exact) mass is 672 g/mol. The van der Waals surface area contributed by atoms with E-state index in [9.17, 15) is 38.4 Å². The lowest BCUT2D eigenvalue weighted by molar-refractivity contribution is -0.149. The summed E-state index contributed by atoms with van der Waals surface area (Å²) in [6, 6.07) is 20.5. The zero-order valence-corrected chi connectivity index (χ0v) is 25.8. The van der Waals surface area contributed by atoms with Gasteiger partial charge in [0.05, 0.1) is 19.5 Å². The Morgan fingerprint density at radius 1 is 0.633 bits per heavy atom. The minimum Gasteiger partial charge on any atom is -0.475 e. The summed E-state index contributed by atoms with van der Waals surface area (Å²) in [6.45, 7) is -1.91. The molecule has 0 spiro atoms. The van der Waals surface area contributed by atoms with Crippen LogP contribution in [-0.2, 0) is 44.7 Å². The number of carbonyl (C=O) groups is 8. The molecule has 1 aliphatic carbocycles. The van der Waals surface area contributed by atoms with Crippen molar-refractivity contribution < 1.29 is 53.3 Å². The van der Waals surface area contributed by atoms with E-state index in [0.717, 1.165) is 22.3 Å². The minimum atomic E-state index is -1.81. The van der Waals surface area contributed by atoms with Crippen molar-refractivity contribution >= 4 is 47.3 Å². The van der Waals surface area contributed by atoms with E-state index in [4.69, 9.17) is 14.9 Å². The minimum absolute atomic E-state index is 0.0938. The smallest absolute Gasteiger partial charge is 0.407 e. The van der Waals surface area contributed by atoms with Gasteiger partial charge in [-0.25, -0.2) is 14.4 Å². The number of hydrogen-bond acceptors (Lipinski definition) is 9. The molecule has 4 amide bonds. The Balaban J connectivity index is 1.46. The number of hydrogen-bond donors (Lipinski definition) is 6. The molecule has 0 aromatic heterocycles. The average Bonchev–Trinajstić information content (AvgIpc) is 3.41. The van der Waals surface area contributed by atoms with Gasteiger partial charge in [0, 0.05) is 12.3 Å². The highest BCUT2D eigenvalue weighted by molar-refractivity contribution is 6.34. The van der Waals surface area contributed by atoms with E-state index < -0.39 is 78.9 Å². The summed E-state index contributed by atoms with van der Waals surface area (Å²) in [6.07, 6.45) is -1.97. The summed E-state index contributed by atoms with van der Waals surface area (Å²) < 4.78 is 5.47. The largest absolute Gasteiger partial charge is 0.475 e. The van der Waals surface area contributed by atoms with Crippen molar-refractivity contribution in [3.63, 3.8) is 0 Å².